The first-order valence-electron chi connectivity index (χ1n) is 7.80. The Morgan fingerprint density at radius 3 is 2.63 bits per heavy atom. The molecule has 1 aliphatic heterocycles. The molecule has 1 N–H and O–H groups in total. The fourth-order valence-electron chi connectivity index (χ4n) is 2.67. The van der Waals surface area contributed by atoms with Gasteiger partial charge >= 0.3 is 0 Å². The monoisotopic (exact) mass is 286 g/mol. The Labute approximate surface area is 122 Å². The second-order valence-corrected chi connectivity index (χ2v) is 6.36. The third kappa shape index (κ3) is 5.35. The zero-order chi connectivity index (χ0) is 14.1. The van der Waals surface area contributed by atoms with Crippen molar-refractivity contribution >= 4 is 17.7 Å². The molecule has 1 heterocycles. The first kappa shape index (κ1) is 16.8. The van der Waals surface area contributed by atoms with Crippen LogP contribution in [0.25, 0.3) is 0 Å². The molecule has 1 fully saturated rings. The van der Waals surface area contributed by atoms with Crippen molar-refractivity contribution in [3.05, 3.63) is 0 Å². The summed E-state index contributed by atoms with van der Waals surface area (Å²) >= 11 is 1.91. The van der Waals surface area contributed by atoms with Gasteiger partial charge in [0.25, 0.3) is 0 Å². The average molecular weight is 286 g/mol. The quantitative estimate of drug-likeness (QED) is 0.626. The molecule has 0 spiro atoms. The topological polar surface area (TPSA) is 32.3 Å². The predicted octanol–water partition coefficient (Wildman–Crippen LogP) is 3.25. The average Bonchev–Trinajstić information content (AvgIpc) is 2.73. The van der Waals surface area contributed by atoms with Gasteiger partial charge in [0.05, 0.1) is 12.2 Å². The highest BCUT2D eigenvalue weighted by Crippen LogP contribution is 2.18. The van der Waals surface area contributed by atoms with E-state index >= 15 is 0 Å². The van der Waals surface area contributed by atoms with Gasteiger partial charge in [-0.25, -0.2) is 0 Å². The Balaban J connectivity index is 2.35. The van der Waals surface area contributed by atoms with Gasteiger partial charge < -0.3 is 4.90 Å². The highest BCUT2D eigenvalue weighted by Gasteiger charge is 2.36. The normalized spacial score (nSPS) is 23.3. The number of nitrogens with one attached hydrogen (secondary N) is 1. The number of nitrogens with zero attached hydrogens (tertiary/aromatic N) is 1. The van der Waals surface area contributed by atoms with E-state index in [1.54, 1.807) is 0 Å². The lowest BCUT2D eigenvalue weighted by atomic mass is 10.1. The Kier molecular flexibility index (Phi) is 8.55. The van der Waals surface area contributed by atoms with Crippen LogP contribution in [-0.4, -0.2) is 41.6 Å². The van der Waals surface area contributed by atoms with E-state index in [1.165, 1.54) is 18.6 Å². The molecule has 2 atom stereocenters. The molecule has 4 heteroatoms. The SMILES string of the molecule is CCCCC1NC(CC)N(CCCCCSC)C1=O. The second kappa shape index (κ2) is 9.65. The number of unbranched alkanes of at least 4 members (excludes halogenated alkanes) is 3. The molecule has 3 nitrogen and oxygen atoms in total. The van der Waals surface area contributed by atoms with Gasteiger partial charge in [0.2, 0.25) is 5.91 Å². The van der Waals surface area contributed by atoms with Crippen LogP contribution in [-0.2, 0) is 4.79 Å². The summed E-state index contributed by atoms with van der Waals surface area (Å²) in [4.78, 5) is 14.4. The molecule has 0 aromatic carbocycles. The number of thioether (sulfide) groups is 1. The van der Waals surface area contributed by atoms with E-state index in [2.05, 4.69) is 30.3 Å². The van der Waals surface area contributed by atoms with Crippen molar-refractivity contribution in [2.45, 2.75) is 71.0 Å². The molecule has 0 aromatic heterocycles. The van der Waals surface area contributed by atoms with E-state index in [0.29, 0.717) is 5.91 Å². The van der Waals surface area contributed by atoms with Gasteiger partial charge in [0.1, 0.15) is 0 Å². The van der Waals surface area contributed by atoms with Crippen molar-refractivity contribution in [1.29, 1.82) is 0 Å². The Bertz CT molecular complexity index is 261. The summed E-state index contributed by atoms with van der Waals surface area (Å²) < 4.78 is 0. The molecule has 0 bridgehead atoms. The molecule has 1 saturated heterocycles. The molecule has 2 unspecified atom stereocenters. The van der Waals surface area contributed by atoms with E-state index in [4.69, 9.17) is 0 Å². The van der Waals surface area contributed by atoms with Crippen LogP contribution < -0.4 is 5.32 Å². The van der Waals surface area contributed by atoms with E-state index < -0.39 is 0 Å². The maximum Gasteiger partial charge on any atom is 0.241 e. The molecule has 19 heavy (non-hydrogen) atoms. The van der Waals surface area contributed by atoms with Crippen LogP contribution in [0.2, 0.25) is 0 Å². The minimum atomic E-state index is 0.0797. The summed E-state index contributed by atoms with van der Waals surface area (Å²) in [6, 6.07) is 0.0797. The molecule has 0 radical (unpaired) electrons. The molecule has 1 amide bonds. The third-order valence-corrected chi connectivity index (χ3v) is 4.53. The number of hydrogen-bond acceptors (Lipinski definition) is 3. The number of amides is 1. The molecule has 112 valence electrons. The van der Waals surface area contributed by atoms with Crippen LogP contribution in [0.15, 0.2) is 0 Å². The zero-order valence-corrected chi connectivity index (χ0v) is 13.6. The second-order valence-electron chi connectivity index (χ2n) is 5.37. The van der Waals surface area contributed by atoms with Crippen LogP contribution in [0, 0.1) is 0 Å². The largest absolute Gasteiger partial charge is 0.326 e. The van der Waals surface area contributed by atoms with E-state index in [-0.39, 0.29) is 12.2 Å². The van der Waals surface area contributed by atoms with Crippen molar-refractivity contribution in [3.63, 3.8) is 0 Å². The van der Waals surface area contributed by atoms with Crippen molar-refractivity contribution < 1.29 is 4.79 Å². The minimum Gasteiger partial charge on any atom is -0.326 e. The molecular formula is C15H30N2OS. The maximum absolute atomic E-state index is 12.4. The zero-order valence-electron chi connectivity index (χ0n) is 12.8. The third-order valence-electron chi connectivity index (χ3n) is 3.83. The van der Waals surface area contributed by atoms with Crippen molar-refractivity contribution in [1.82, 2.24) is 10.2 Å². The first-order chi connectivity index (χ1) is 9.24. The fraction of sp³-hybridized carbons (Fsp3) is 0.933. The first-order valence-corrected chi connectivity index (χ1v) is 9.19. The summed E-state index contributed by atoms with van der Waals surface area (Å²) in [5.74, 6) is 1.58. The minimum absolute atomic E-state index is 0.0797. The number of carbonyl (C=O) groups excluding carboxylic acids is 1. The Morgan fingerprint density at radius 1 is 1.21 bits per heavy atom. The summed E-state index contributed by atoms with van der Waals surface area (Å²) in [5, 5.41) is 3.50. The van der Waals surface area contributed by atoms with Crippen LogP contribution in [0.4, 0.5) is 0 Å². The molecule has 1 aliphatic rings. The van der Waals surface area contributed by atoms with Gasteiger partial charge in [-0.05, 0) is 37.7 Å². The molecular weight excluding hydrogens is 256 g/mol. The number of hydrogen-bond donors (Lipinski definition) is 1. The maximum atomic E-state index is 12.4. The van der Waals surface area contributed by atoms with Crippen LogP contribution in [0.3, 0.4) is 0 Å². The number of rotatable bonds is 10. The lowest BCUT2D eigenvalue weighted by molar-refractivity contribution is -0.130. The summed E-state index contributed by atoms with van der Waals surface area (Å²) in [6.07, 6.45) is 10.4. The molecule has 0 saturated carbocycles. The Morgan fingerprint density at radius 2 is 2.00 bits per heavy atom. The van der Waals surface area contributed by atoms with Crippen molar-refractivity contribution in [3.8, 4) is 0 Å². The molecule has 1 rings (SSSR count). The van der Waals surface area contributed by atoms with Gasteiger partial charge in [-0.1, -0.05) is 33.1 Å². The summed E-state index contributed by atoms with van der Waals surface area (Å²) in [5.41, 5.74) is 0. The van der Waals surface area contributed by atoms with Crippen LogP contribution in [0.5, 0.6) is 0 Å². The van der Waals surface area contributed by atoms with Gasteiger partial charge in [-0.15, -0.1) is 0 Å². The van der Waals surface area contributed by atoms with Gasteiger partial charge in [-0.2, -0.15) is 11.8 Å². The van der Waals surface area contributed by atoms with E-state index in [0.717, 1.165) is 38.6 Å². The Hall–Kier alpha value is -0.220. The molecule has 0 aromatic rings. The van der Waals surface area contributed by atoms with E-state index in [1.807, 2.05) is 11.8 Å². The summed E-state index contributed by atoms with van der Waals surface area (Å²) in [7, 11) is 0. The van der Waals surface area contributed by atoms with Crippen molar-refractivity contribution in [2.75, 3.05) is 18.6 Å². The van der Waals surface area contributed by atoms with Gasteiger partial charge in [-0.3, -0.25) is 10.1 Å². The molecule has 0 aliphatic carbocycles. The number of carbonyl (C=O) groups is 1. The fourth-order valence-corrected chi connectivity index (χ4v) is 3.16. The lowest BCUT2D eigenvalue weighted by Gasteiger charge is -2.22. The van der Waals surface area contributed by atoms with Crippen LogP contribution >= 0.6 is 11.8 Å². The predicted molar refractivity (Wildman–Crippen MR) is 84.5 cm³/mol. The van der Waals surface area contributed by atoms with Gasteiger partial charge in [0, 0.05) is 6.54 Å². The standard InChI is InChI=1S/C15H30N2OS/c1-4-6-10-13-15(18)17(14(5-2)16-13)11-8-7-9-12-19-3/h13-14,16H,4-12H2,1-3H3. The highest BCUT2D eigenvalue weighted by atomic mass is 32.2. The lowest BCUT2D eigenvalue weighted by Crippen LogP contribution is -2.37. The van der Waals surface area contributed by atoms with Crippen molar-refractivity contribution in [2.24, 2.45) is 0 Å². The van der Waals surface area contributed by atoms with Gasteiger partial charge in [0.15, 0.2) is 0 Å². The van der Waals surface area contributed by atoms with E-state index in [9.17, 15) is 4.79 Å². The smallest absolute Gasteiger partial charge is 0.241 e. The van der Waals surface area contributed by atoms with Crippen LogP contribution in [0.1, 0.15) is 58.8 Å². The summed E-state index contributed by atoms with van der Waals surface area (Å²) in [6.45, 7) is 5.27. The highest BCUT2D eigenvalue weighted by molar-refractivity contribution is 7.98.